The molecule has 0 spiro atoms. The van der Waals surface area contributed by atoms with Gasteiger partial charge in [-0.05, 0) is 80.8 Å². The van der Waals surface area contributed by atoms with Crippen molar-refractivity contribution in [2.45, 2.75) is 49.1 Å². The maximum atomic E-state index is 14.4. The molecule has 1 aliphatic heterocycles. The van der Waals surface area contributed by atoms with E-state index in [1.165, 1.54) is 23.9 Å². The van der Waals surface area contributed by atoms with Crippen LogP contribution in [0.3, 0.4) is 0 Å². The minimum atomic E-state index is -1.03. The Morgan fingerprint density at radius 3 is 2.63 bits per heavy atom. The van der Waals surface area contributed by atoms with Gasteiger partial charge in [-0.3, -0.25) is 4.57 Å². The number of halogens is 4. The van der Waals surface area contributed by atoms with Gasteiger partial charge in [0.2, 0.25) is 0 Å². The first-order valence-corrected chi connectivity index (χ1v) is 13.8. The molecule has 198 valence electrons. The molecule has 0 amide bonds. The molecule has 0 saturated carbocycles. The fourth-order valence-electron chi connectivity index (χ4n) is 4.71. The van der Waals surface area contributed by atoms with Crippen LogP contribution in [0.5, 0.6) is 5.75 Å². The van der Waals surface area contributed by atoms with Crippen LogP contribution in [0.25, 0.3) is 5.69 Å². The van der Waals surface area contributed by atoms with Crippen LogP contribution < -0.4 is 4.74 Å². The van der Waals surface area contributed by atoms with E-state index in [-0.39, 0.29) is 24.0 Å². The molecule has 0 fully saturated rings. The molecule has 1 aliphatic rings. The number of fused-ring (bicyclic) bond motifs is 3. The highest BCUT2D eigenvalue weighted by atomic mass is 35.5. The van der Waals surface area contributed by atoms with E-state index in [2.05, 4.69) is 6.92 Å². The van der Waals surface area contributed by atoms with Crippen LogP contribution in [-0.2, 0) is 17.6 Å². The molecule has 0 radical (unpaired) electrons. The first-order chi connectivity index (χ1) is 18.0. The van der Waals surface area contributed by atoms with Gasteiger partial charge in [0.25, 0.3) is 0 Å². The highest BCUT2D eigenvalue weighted by Crippen LogP contribution is 2.46. The van der Waals surface area contributed by atoms with Gasteiger partial charge in [0.1, 0.15) is 24.0 Å². The van der Waals surface area contributed by atoms with Gasteiger partial charge in [0.05, 0.1) is 28.2 Å². The summed E-state index contributed by atoms with van der Waals surface area (Å²) in [5.74, 6) is 0.0349. The van der Waals surface area contributed by atoms with Crippen molar-refractivity contribution >= 4 is 35.0 Å². The molecular formula is C29H26Cl2F2N2O2S. The number of aliphatic hydroxyl groups is 1. The number of ether oxygens (including phenoxy) is 1. The summed E-state index contributed by atoms with van der Waals surface area (Å²) in [6.45, 7) is 5.45. The lowest BCUT2D eigenvalue weighted by molar-refractivity contribution is 0.0285. The number of benzene rings is 3. The zero-order valence-electron chi connectivity index (χ0n) is 21.1. The molecule has 5 rings (SSSR count). The molecule has 1 N–H and O–H groups in total. The molecule has 3 aromatic carbocycles. The van der Waals surface area contributed by atoms with Gasteiger partial charge in [-0.25, -0.2) is 13.8 Å². The summed E-state index contributed by atoms with van der Waals surface area (Å²) in [5, 5.41) is 11.6. The number of rotatable bonds is 7. The standard InChI is InChI=1S/C29H26Cl2F2N2O2S/c1-28(2,36)16-37-25-12-18(7-9-22(25)31)29(3)13-17-11-19(32)8-10-24(17)35-26(29)14-34-27(35)38-15-20-21(30)5-4-6-23(20)33/h4-12,14,36H,13,15-16H2,1-3H3. The van der Waals surface area contributed by atoms with Gasteiger partial charge in [-0.15, -0.1) is 0 Å². The molecule has 2 heterocycles. The fraction of sp³-hybridized carbons (Fsp3) is 0.276. The average molecular weight is 576 g/mol. The van der Waals surface area contributed by atoms with Gasteiger partial charge in [0.15, 0.2) is 5.16 Å². The first kappa shape index (κ1) is 27.0. The van der Waals surface area contributed by atoms with Crippen LogP contribution in [0.4, 0.5) is 8.78 Å². The molecule has 0 bridgehead atoms. The van der Waals surface area contributed by atoms with Crippen LogP contribution in [-0.4, -0.2) is 26.9 Å². The molecular weight excluding hydrogens is 549 g/mol. The van der Waals surface area contributed by atoms with Gasteiger partial charge < -0.3 is 9.84 Å². The maximum Gasteiger partial charge on any atom is 0.173 e. The Morgan fingerprint density at radius 2 is 1.89 bits per heavy atom. The summed E-state index contributed by atoms with van der Waals surface area (Å²) in [7, 11) is 0. The second kappa shape index (κ2) is 10.2. The number of hydrogen-bond acceptors (Lipinski definition) is 4. The molecule has 1 aromatic heterocycles. The van der Waals surface area contributed by atoms with E-state index in [0.717, 1.165) is 22.5 Å². The molecule has 9 heteroatoms. The predicted octanol–water partition coefficient (Wildman–Crippen LogP) is 7.76. The van der Waals surface area contributed by atoms with Crippen LogP contribution in [0, 0.1) is 11.6 Å². The quantitative estimate of drug-likeness (QED) is 0.229. The lowest BCUT2D eigenvalue weighted by Crippen LogP contribution is -2.34. The van der Waals surface area contributed by atoms with Gasteiger partial charge in [-0.2, -0.15) is 0 Å². The predicted molar refractivity (Wildman–Crippen MR) is 148 cm³/mol. The molecule has 4 nitrogen and oxygen atoms in total. The van der Waals surface area contributed by atoms with Gasteiger partial charge in [0, 0.05) is 21.8 Å². The van der Waals surface area contributed by atoms with Crippen molar-refractivity contribution in [2.24, 2.45) is 0 Å². The minimum absolute atomic E-state index is 0.0677. The Morgan fingerprint density at radius 1 is 1.11 bits per heavy atom. The minimum Gasteiger partial charge on any atom is -0.489 e. The van der Waals surface area contributed by atoms with E-state index in [9.17, 15) is 13.9 Å². The van der Waals surface area contributed by atoms with Crippen molar-refractivity contribution < 1.29 is 18.6 Å². The van der Waals surface area contributed by atoms with Crippen molar-refractivity contribution in [2.75, 3.05) is 6.61 Å². The third-order valence-corrected chi connectivity index (χ3v) is 8.32. The summed E-state index contributed by atoms with van der Waals surface area (Å²) in [6, 6.07) is 14.9. The summed E-state index contributed by atoms with van der Waals surface area (Å²) < 4.78 is 36.7. The fourth-order valence-corrected chi connectivity index (χ4v) is 6.21. The van der Waals surface area contributed by atoms with E-state index in [4.69, 9.17) is 32.9 Å². The highest BCUT2D eigenvalue weighted by Gasteiger charge is 2.39. The number of aromatic nitrogens is 2. The zero-order valence-corrected chi connectivity index (χ0v) is 23.4. The Labute approximate surface area is 234 Å². The van der Waals surface area contributed by atoms with Gasteiger partial charge in [-0.1, -0.05) is 47.1 Å². The maximum absolute atomic E-state index is 14.4. The largest absolute Gasteiger partial charge is 0.489 e. The lowest BCUT2D eigenvalue weighted by atomic mass is 9.72. The zero-order chi connectivity index (χ0) is 27.2. The average Bonchev–Trinajstić information content (AvgIpc) is 3.28. The van der Waals surface area contributed by atoms with Crippen molar-refractivity contribution in [3.63, 3.8) is 0 Å². The smallest absolute Gasteiger partial charge is 0.173 e. The molecule has 4 aromatic rings. The van der Waals surface area contributed by atoms with E-state index in [1.54, 1.807) is 44.2 Å². The van der Waals surface area contributed by atoms with Crippen molar-refractivity contribution in [1.82, 2.24) is 9.55 Å². The molecule has 0 aliphatic carbocycles. The Hall–Kier alpha value is -2.58. The van der Waals surface area contributed by atoms with Gasteiger partial charge >= 0.3 is 0 Å². The molecule has 1 unspecified atom stereocenters. The summed E-state index contributed by atoms with van der Waals surface area (Å²) >= 11 is 14.0. The van der Waals surface area contributed by atoms with Crippen molar-refractivity contribution in [1.29, 1.82) is 0 Å². The topological polar surface area (TPSA) is 47.3 Å². The highest BCUT2D eigenvalue weighted by molar-refractivity contribution is 7.98. The Balaban J connectivity index is 1.58. The number of thioether (sulfide) groups is 1. The van der Waals surface area contributed by atoms with Crippen LogP contribution in [0.2, 0.25) is 10.0 Å². The van der Waals surface area contributed by atoms with E-state index in [0.29, 0.717) is 32.9 Å². The normalized spacial score (nSPS) is 16.7. The first-order valence-electron chi connectivity index (χ1n) is 12.0. The Kier molecular flexibility index (Phi) is 7.24. The van der Waals surface area contributed by atoms with E-state index in [1.807, 2.05) is 22.9 Å². The molecule has 38 heavy (non-hydrogen) atoms. The third-order valence-electron chi connectivity index (χ3n) is 6.68. The van der Waals surface area contributed by atoms with Crippen molar-refractivity contribution in [3.05, 3.63) is 105 Å². The second-order valence-corrected chi connectivity index (χ2v) is 12.0. The molecule has 1 atom stereocenters. The van der Waals surface area contributed by atoms with E-state index >= 15 is 0 Å². The monoisotopic (exact) mass is 574 g/mol. The van der Waals surface area contributed by atoms with Crippen molar-refractivity contribution in [3.8, 4) is 11.4 Å². The summed E-state index contributed by atoms with van der Waals surface area (Å²) in [4.78, 5) is 4.70. The second-order valence-electron chi connectivity index (χ2n) is 10.3. The summed E-state index contributed by atoms with van der Waals surface area (Å²) in [5.41, 5.74) is 2.20. The van der Waals surface area contributed by atoms with Crippen LogP contribution >= 0.6 is 35.0 Å². The van der Waals surface area contributed by atoms with Crippen LogP contribution in [0.15, 0.2) is 66.0 Å². The summed E-state index contributed by atoms with van der Waals surface area (Å²) in [6.07, 6.45) is 2.32. The number of hydrogen-bond donors (Lipinski definition) is 1. The SMILES string of the molecule is CC(C)(O)COc1cc(C2(C)Cc3cc(F)ccc3-n3c2cnc3SCc2c(F)cccc2Cl)ccc1Cl. The lowest BCUT2D eigenvalue weighted by Gasteiger charge is -2.37. The molecule has 0 saturated heterocycles. The van der Waals surface area contributed by atoms with E-state index < -0.39 is 11.0 Å². The number of imidazole rings is 1. The number of nitrogens with zero attached hydrogens (tertiary/aromatic N) is 2. The third kappa shape index (κ3) is 5.17. The Bertz CT molecular complexity index is 1500. The van der Waals surface area contributed by atoms with Crippen LogP contribution in [0.1, 0.15) is 43.2 Å².